The zero-order valence-electron chi connectivity index (χ0n) is 14.3. The van der Waals surface area contributed by atoms with Gasteiger partial charge in [-0.25, -0.2) is 4.98 Å². The van der Waals surface area contributed by atoms with Crippen LogP contribution >= 0.6 is 0 Å². The van der Waals surface area contributed by atoms with Crippen molar-refractivity contribution in [3.63, 3.8) is 0 Å². The second-order valence-electron chi connectivity index (χ2n) is 6.40. The van der Waals surface area contributed by atoms with Gasteiger partial charge in [0.15, 0.2) is 0 Å². The quantitative estimate of drug-likeness (QED) is 0.703. The number of aromatic amines is 1. The van der Waals surface area contributed by atoms with Crippen LogP contribution in [0, 0.1) is 6.92 Å². The number of nitrogens with zero attached hydrogens (tertiary/aromatic N) is 2. The van der Waals surface area contributed by atoms with Crippen LogP contribution in [0.1, 0.15) is 71.3 Å². The van der Waals surface area contributed by atoms with E-state index in [9.17, 15) is 4.79 Å². The van der Waals surface area contributed by atoms with Crippen molar-refractivity contribution in [2.45, 2.75) is 85.2 Å². The highest BCUT2D eigenvalue weighted by atomic mass is 16.2. The lowest BCUT2D eigenvalue weighted by molar-refractivity contribution is -0.134. The fourth-order valence-corrected chi connectivity index (χ4v) is 2.85. The van der Waals surface area contributed by atoms with Crippen molar-refractivity contribution in [1.82, 2.24) is 14.9 Å². The van der Waals surface area contributed by atoms with Crippen molar-refractivity contribution in [2.24, 2.45) is 0 Å². The molecule has 0 fully saturated rings. The minimum absolute atomic E-state index is 0.293. The number of imidazole rings is 1. The molecule has 0 spiro atoms. The van der Waals surface area contributed by atoms with E-state index in [1.807, 2.05) is 18.0 Å². The number of hydrogen-bond acceptors (Lipinski definition) is 2. The Hall–Kier alpha value is -1.32. The number of carbonyl (C=O) groups excluding carboxylic acids is 1. The molecule has 0 bridgehead atoms. The standard InChI is InChI=1S/C17H31N3O/c1-13(2)20(14(3)4)17(21)11-9-7-6-8-10-16-12-18-15(5)19-16/h12-14H,6-11H2,1-5H3,(H,18,19). The maximum Gasteiger partial charge on any atom is 0.223 e. The number of nitrogens with one attached hydrogen (secondary N) is 1. The van der Waals surface area contributed by atoms with E-state index in [1.165, 1.54) is 12.1 Å². The Labute approximate surface area is 129 Å². The number of rotatable bonds is 9. The first-order valence-electron chi connectivity index (χ1n) is 8.23. The number of carbonyl (C=O) groups is 1. The summed E-state index contributed by atoms with van der Waals surface area (Å²) in [6.07, 6.45) is 8.11. The molecule has 1 amide bonds. The van der Waals surface area contributed by atoms with Crippen LogP contribution in [0.3, 0.4) is 0 Å². The van der Waals surface area contributed by atoms with Crippen molar-refractivity contribution >= 4 is 5.91 Å². The molecule has 1 aromatic rings. The first-order chi connectivity index (χ1) is 9.91. The van der Waals surface area contributed by atoms with Crippen LogP contribution in [-0.2, 0) is 11.2 Å². The summed E-state index contributed by atoms with van der Waals surface area (Å²) in [7, 11) is 0. The average Bonchev–Trinajstić information content (AvgIpc) is 2.78. The predicted molar refractivity (Wildman–Crippen MR) is 87.2 cm³/mol. The highest BCUT2D eigenvalue weighted by Gasteiger charge is 2.18. The van der Waals surface area contributed by atoms with Gasteiger partial charge in [-0.2, -0.15) is 0 Å². The van der Waals surface area contributed by atoms with Gasteiger partial charge in [-0.1, -0.05) is 12.8 Å². The van der Waals surface area contributed by atoms with Crippen molar-refractivity contribution in [3.8, 4) is 0 Å². The Bertz CT molecular complexity index is 415. The fourth-order valence-electron chi connectivity index (χ4n) is 2.85. The highest BCUT2D eigenvalue weighted by molar-refractivity contribution is 5.76. The van der Waals surface area contributed by atoms with Crippen molar-refractivity contribution in [2.75, 3.05) is 0 Å². The van der Waals surface area contributed by atoms with Gasteiger partial charge in [0, 0.05) is 30.4 Å². The lowest BCUT2D eigenvalue weighted by Crippen LogP contribution is -2.41. The summed E-state index contributed by atoms with van der Waals surface area (Å²) in [5.74, 6) is 1.28. The van der Waals surface area contributed by atoms with E-state index < -0.39 is 0 Å². The third-order valence-corrected chi connectivity index (χ3v) is 3.74. The molecule has 4 nitrogen and oxygen atoms in total. The van der Waals surface area contributed by atoms with Crippen LogP contribution in [-0.4, -0.2) is 32.9 Å². The topological polar surface area (TPSA) is 49.0 Å². The third kappa shape index (κ3) is 6.32. The normalized spacial score (nSPS) is 11.4. The molecule has 0 aromatic carbocycles. The largest absolute Gasteiger partial charge is 0.346 e. The van der Waals surface area contributed by atoms with Crippen molar-refractivity contribution in [3.05, 3.63) is 17.7 Å². The van der Waals surface area contributed by atoms with Gasteiger partial charge in [0.1, 0.15) is 5.82 Å². The Morgan fingerprint density at radius 1 is 1.14 bits per heavy atom. The molecular formula is C17H31N3O. The summed E-state index contributed by atoms with van der Waals surface area (Å²) in [6.45, 7) is 10.3. The molecule has 0 radical (unpaired) electrons. The molecule has 0 atom stereocenters. The zero-order valence-corrected chi connectivity index (χ0v) is 14.3. The maximum absolute atomic E-state index is 12.2. The number of unbranched alkanes of at least 4 members (excludes halogenated alkanes) is 3. The van der Waals surface area contributed by atoms with Crippen LogP contribution in [0.2, 0.25) is 0 Å². The van der Waals surface area contributed by atoms with Crippen LogP contribution < -0.4 is 0 Å². The lowest BCUT2D eigenvalue weighted by atomic mass is 10.1. The molecule has 4 heteroatoms. The van der Waals surface area contributed by atoms with E-state index in [2.05, 4.69) is 37.7 Å². The van der Waals surface area contributed by atoms with Crippen LogP contribution in [0.5, 0.6) is 0 Å². The Morgan fingerprint density at radius 3 is 2.29 bits per heavy atom. The molecule has 0 saturated heterocycles. The van der Waals surface area contributed by atoms with E-state index in [4.69, 9.17) is 0 Å². The van der Waals surface area contributed by atoms with E-state index >= 15 is 0 Å². The number of H-pyrrole nitrogens is 1. The Morgan fingerprint density at radius 2 is 1.76 bits per heavy atom. The second-order valence-corrected chi connectivity index (χ2v) is 6.40. The maximum atomic E-state index is 12.2. The molecule has 1 aromatic heterocycles. The van der Waals surface area contributed by atoms with Crippen LogP contribution in [0.15, 0.2) is 6.20 Å². The third-order valence-electron chi connectivity index (χ3n) is 3.74. The monoisotopic (exact) mass is 293 g/mol. The predicted octanol–water partition coefficient (Wildman–Crippen LogP) is 3.86. The minimum atomic E-state index is 0.293. The minimum Gasteiger partial charge on any atom is -0.346 e. The number of amides is 1. The molecule has 0 aliphatic rings. The van der Waals surface area contributed by atoms with Crippen LogP contribution in [0.4, 0.5) is 0 Å². The molecule has 1 heterocycles. The molecule has 1 N–H and O–H groups in total. The molecule has 120 valence electrons. The van der Waals surface area contributed by atoms with Gasteiger partial charge in [-0.3, -0.25) is 4.79 Å². The van der Waals surface area contributed by atoms with E-state index in [0.29, 0.717) is 24.4 Å². The van der Waals surface area contributed by atoms with Gasteiger partial charge in [0.25, 0.3) is 0 Å². The molecular weight excluding hydrogens is 262 g/mol. The summed E-state index contributed by atoms with van der Waals surface area (Å²) in [5, 5.41) is 0. The molecule has 0 aliphatic heterocycles. The molecule has 0 unspecified atom stereocenters. The smallest absolute Gasteiger partial charge is 0.223 e. The van der Waals surface area contributed by atoms with Crippen LogP contribution in [0.25, 0.3) is 0 Å². The van der Waals surface area contributed by atoms with E-state index in [1.54, 1.807) is 0 Å². The van der Waals surface area contributed by atoms with Gasteiger partial charge < -0.3 is 9.88 Å². The highest BCUT2D eigenvalue weighted by Crippen LogP contribution is 2.12. The van der Waals surface area contributed by atoms with Gasteiger partial charge >= 0.3 is 0 Å². The number of hydrogen-bond donors (Lipinski definition) is 1. The van der Waals surface area contributed by atoms with Crippen molar-refractivity contribution in [1.29, 1.82) is 0 Å². The summed E-state index contributed by atoms with van der Waals surface area (Å²) in [5.41, 5.74) is 1.22. The Kier molecular flexibility index (Phi) is 7.48. The first kappa shape index (κ1) is 17.7. The first-order valence-corrected chi connectivity index (χ1v) is 8.23. The second kappa shape index (κ2) is 8.85. The van der Waals surface area contributed by atoms with Gasteiger partial charge in [-0.15, -0.1) is 0 Å². The van der Waals surface area contributed by atoms with Crippen molar-refractivity contribution < 1.29 is 4.79 Å². The number of aryl methyl sites for hydroxylation is 2. The van der Waals surface area contributed by atoms with Gasteiger partial charge in [0.05, 0.1) is 0 Å². The Balaban J connectivity index is 2.14. The summed E-state index contributed by atoms with van der Waals surface area (Å²) < 4.78 is 0. The molecule has 21 heavy (non-hydrogen) atoms. The van der Waals surface area contributed by atoms with E-state index in [0.717, 1.165) is 31.5 Å². The number of aromatic nitrogens is 2. The summed E-state index contributed by atoms with van der Waals surface area (Å²) >= 11 is 0. The van der Waals surface area contributed by atoms with Gasteiger partial charge in [0.2, 0.25) is 5.91 Å². The molecule has 0 saturated carbocycles. The summed E-state index contributed by atoms with van der Waals surface area (Å²) in [4.78, 5) is 21.6. The zero-order chi connectivity index (χ0) is 15.8. The lowest BCUT2D eigenvalue weighted by Gasteiger charge is -2.30. The van der Waals surface area contributed by atoms with Gasteiger partial charge in [-0.05, 0) is 53.9 Å². The van der Waals surface area contributed by atoms with E-state index in [-0.39, 0.29) is 0 Å². The summed E-state index contributed by atoms with van der Waals surface area (Å²) in [6, 6.07) is 0.585. The fraction of sp³-hybridized carbons (Fsp3) is 0.765. The SMILES string of the molecule is Cc1ncc(CCCCCCC(=O)N(C(C)C)C(C)C)[nH]1. The molecule has 1 rings (SSSR count). The molecule has 0 aliphatic carbocycles. The average molecular weight is 293 g/mol.